The lowest BCUT2D eigenvalue weighted by atomic mass is 10.1. The fourth-order valence-corrected chi connectivity index (χ4v) is 3.01. The summed E-state index contributed by atoms with van der Waals surface area (Å²) in [6, 6.07) is 13.9. The van der Waals surface area contributed by atoms with Crippen LogP contribution in [0, 0.1) is 12.7 Å². The molecule has 0 aliphatic rings. The van der Waals surface area contributed by atoms with E-state index in [1.165, 1.54) is 35.5 Å². The van der Waals surface area contributed by atoms with E-state index in [0.29, 0.717) is 17.9 Å². The van der Waals surface area contributed by atoms with Crippen LogP contribution in [0.1, 0.15) is 15.9 Å². The second kappa shape index (κ2) is 7.98. The number of nitrogens with one attached hydrogen (secondary N) is 2. The maximum absolute atomic E-state index is 13.1. The van der Waals surface area contributed by atoms with E-state index < -0.39 is 5.82 Å². The van der Waals surface area contributed by atoms with Gasteiger partial charge in [0.05, 0.1) is 11.9 Å². The Labute approximate surface area is 149 Å². The van der Waals surface area contributed by atoms with E-state index in [0.717, 1.165) is 16.4 Å². The predicted molar refractivity (Wildman–Crippen MR) is 98.2 cm³/mol. The number of H-pyrrole nitrogens is 1. The third-order valence-corrected chi connectivity index (χ3v) is 4.52. The molecule has 3 rings (SSSR count). The summed E-state index contributed by atoms with van der Waals surface area (Å²) in [5, 5.41) is 3.57. The van der Waals surface area contributed by atoms with Gasteiger partial charge in [0.1, 0.15) is 5.82 Å². The van der Waals surface area contributed by atoms with E-state index >= 15 is 0 Å². The number of thioether (sulfide) groups is 1. The number of benzene rings is 2. The molecular formula is C19H18FN3OS. The number of carbonyl (C=O) groups excluding carboxylic acids is 1. The van der Waals surface area contributed by atoms with Gasteiger partial charge in [0.2, 0.25) is 0 Å². The zero-order chi connectivity index (χ0) is 17.6. The van der Waals surface area contributed by atoms with Crippen molar-refractivity contribution in [3.63, 3.8) is 0 Å². The van der Waals surface area contributed by atoms with Gasteiger partial charge in [-0.05, 0) is 30.7 Å². The van der Waals surface area contributed by atoms with Crippen molar-refractivity contribution in [2.45, 2.75) is 12.1 Å². The molecule has 0 aliphatic heterocycles. The van der Waals surface area contributed by atoms with Gasteiger partial charge in [0.25, 0.3) is 5.91 Å². The first-order valence-electron chi connectivity index (χ1n) is 7.90. The molecule has 1 heterocycles. The molecule has 0 atom stereocenters. The van der Waals surface area contributed by atoms with Gasteiger partial charge in [0.15, 0.2) is 5.16 Å². The quantitative estimate of drug-likeness (QED) is 0.518. The molecule has 3 aromatic rings. The number of aryl methyl sites for hydroxylation is 1. The van der Waals surface area contributed by atoms with Crippen molar-refractivity contribution in [2.24, 2.45) is 0 Å². The summed E-state index contributed by atoms with van der Waals surface area (Å²) in [5.74, 6) is -0.0248. The molecule has 1 aromatic heterocycles. The maximum Gasteiger partial charge on any atom is 0.251 e. The summed E-state index contributed by atoms with van der Waals surface area (Å²) in [4.78, 5) is 19.5. The summed E-state index contributed by atoms with van der Waals surface area (Å²) in [7, 11) is 0. The van der Waals surface area contributed by atoms with Crippen molar-refractivity contribution < 1.29 is 9.18 Å². The molecule has 0 saturated carbocycles. The van der Waals surface area contributed by atoms with Crippen LogP contribution in [-0.4, -0.2) is 28.2 Å². The number of hydrogen-bond acceptors (Lipinski definition) is 3. The summed E-state index contributed by atoms with van der Waals surface area (Å²) in [6.07, 6.45) is 1.80. The second-order valence-corrected chi connectivity index (χ2v) is 6.67. The van der Waals surface area contributed by atoms with Gasteiger partial charge in [-0.25, -0.2) is 9.37 Å². The number of amides is 1. The number of hydrogen-bond donors (Lipinski definition) is 2. The van der Waals surface area contributed by atoms with Crippen molar-refractivity contribution in [3.05, 3.63) is 71.7 Å². The lowest BCUT2D eigenvalue weighted by Crippen LogP contribution is -2.25. The highest BCUT2D eigenvalue weighted by atomic mass is 32.2. The lowest BCUT2D eigenvalue weighted by Gasteiger charge is -2.04. The molecule has 0 fully saturated rings. The molecule has 0 saturated heterocycles. The van der Waals surface area contributed by atoms with Crippen LogP contribution in [0.4, 0.5) is 4.39 Å². The average Bonchev–Trinajstić information content (AvgIpc) is 3.08. The highest BCUT2D eigenvalue weighted by Gasteiger charge is 2.07. The van der Waals surface area contributed by atoms with Crippen LogP contribution < -0.4 is 5.32 Å². The molecule has 0 aliphatic carbocycles. The third-order valence-electron chi connectivity index (χ3n) is 3.63. The fraction of sp³-hybridized carbons (Fsp3) is 0.158. The Hall–Kier alpha value is -2.60. The molecule has 25 heavy (non-hydrogen) atoms. The van der Waals surface area contributed by atoms with Gasteiger partial charge < -0.3 is 10.3 Å². The molecule has 0 unspecified atom stereocenters. The average molecular weight is 355 g/mol. The number of imidazole rings is 1. The first-order chi connectivity index (χ1) is 12.1. The minimum atomic E-state index is -0.416. The first kappa shape index (κ1) is 17.2. The van der Waals surface area contributed by atoms with Crippen LogP contribution >= 0.6 is 11.8 Å². The Morgan fingerprint density at radius 1 is 1.24 bits per heavy atom. The van der Waals surface area contributed by atoms with Crippen molar-refractivity contribution >= 4 is 17.7 Å². The summed E-state index contributed by atoms with van der Waals surface area (Å²) < 4.78 is 13.1. The normalized spacial score (nSPS) is 10.6. The minimum Gasteiger partial charge on any atom is -0.351 e. The Bertz CT molecular complexity index is 861. The number of carbonyl (C=O) groups is 1. The molecule has 6 heteroatoms. The van der Waals surface area contributed by atoms with Crippen molar-refractivity contribution in [3.8, 4) is 11.3 Å². The lowest BCUT2D eigenvalue weighted by molar-refractivity contribution is 0.0955. The fourth-order valence-electron chi connectivity index (χ4n) is 2.30. The highest BCUT2D eigenvalue weighted by Crippen LogP contribution is 2.21. The van der Waals surface area contributed by atoms with Gasteiger partial charge in [-0.1, -0.05) is 47.7 Å². The zero-order valence-corrected chi connectivity index (χ0v) is 14.6. The largest absolute Gasteiger partial charge is 0.351 e. The standard InChI is InChI=1S/C19H18FN3OS/c1-13-5-7-14(8-6-13)17-12-22-19(23-17)25-10-9-21-18(24)15-3-2-4-16(20)11-15/h2-8,11-12H,9-10H2,1H3,(H,21,24)(H,22,23). The predicted octanol–water partition coefficient (Wildman–Crippen LogP) is 4.05. The van der Waals surface area contributed by atoms with Gasteiger partial charge in [0, 0.05) is 17.9 Å². The van der Waals surface area contributed by atoms with Crippen LogP contribution in [0.3, 0.4) is 0 Å². The van der Waals surface area contributed by atoms with Crippen LogP contribution in [0.5, 0.6) is 0 Å². The zero-order valence-electron chi connectivity index (χ0n) is 13.8. The van der Waals surface area contributed by atoms with E-state index in [4.69, 9.17) is 0 Å². The Kier molecular flexibility index (Phi) is 5.50. The summed E-state index contributed by atoms with van der Waals surface area (Å²) in [6.45, 7) is 2.52. The molecule has 2 aromatic carbocycles. The monoisotopic (exact) mass is 355 g/mol. The molecular weight excluding hydrogens is 337 g/mol. The molecule has 0 spiro atoms. The van der Waals surface area contributed by atoms with Crippen molar-refractivity contribution in [1.29, 1.82) is 0 Å². The van der Waals surface area contributed by atoms with E-state index in [2.05, 4.69) is 46.5 Å². The molecule has 0 radical (unpaired) electrons. The van der Waals surface area contributed by atoms with Crippen LogP contribution in [0.15, 0.2) is 59.9 Å². The van der Waals surface area contributed by atoms with Gasteiger partial charge in [-0.2, -0.15) is 0 Å². The molecule has 4 nitrogen and oxygen atoms in total. The smallest absolute Gasteiger partial charge is 0.251 e. The molecule has 0 bridgehead atoms. The summed E-state index contributed by atoms with van der Waals surface area (Å²) in [5.41, 5.74) is 3.59. The Morgan fingerprint density at radius 2 is 2.04 bits per heavy atom. The number of aromatic nitrogens is 2. The Morgan fingerprint density at radius 3 is 2.80 bits per heavy atom. The third kappa shape index (κ3) is 4.70. The number of nitrogens with zero attached hydrogens (tertiary/aromatic N) is 1. The minimum absolute atomic E-state index is 0.278. The molecule has 128 valence electrons. The van der Waals surface area contributed by atoms with Crippen LogP contribution in [0.2, 0.25) is 0 Å². The topological polar surface area (TPSA) is 57.8 Å². The SMILES string of the molecule is Cc1ccc(-c2cnc(SCCNC(=O)c3cccc(F)c3)[nH]2)cc1. The van der Waals surface area contributed by atoms with Crippen LogP contribution in [0.25, 0.3) is 11.3 Å². The van der Waals surface area contributed by atoms with E-state index in [1.807, 2.05) is 0 Å². The molecule has 1 amide bonds. The second-order valence-electron chi connectivity index (χ2n) is 5.58. The van der Waals surface area contributed by atoms with Gasteiger partial charge in [-0.3, -0.25) is 4.79 Å². The van der Waals surface area contributed by atoms with Crippen LogP contribution in [-0.2, 0) is 0 Å². The van der Waals surface area contributed by atoms with Crippen molar-refractivity contribution in [2.75, 3.05) is 12.3 Å². The van der Waals surface area contributed by atoms with Crippen molar-refractivity contribution in [1.82, 2.24) is 15.3 Å². The number of rotatable bonds is 6. The van der Waals surface area contributed by atoms with E-state index in [-0.39, 0.29) is 5.91 Å². The Balaban J connectivity index is 1.48. The van der Waals surface area contributed by atoms with Gasteiger partial charge >= 0.3 is 0 Å². The summed E-state index contributed by atoms with van der Waals surface area (Å²) >= 11 is 1.52. The number of aromatic amines is 1. The van der Waals surface area contributed by atoms with E-state index in [1.54, 1.807) is 12.3 Å². The van der Waals surface area contributed by atoms with E-state index in [9.17, 15) is 9.18 Å². The highest BCUT2D eigenvalue weighted by molar-refractivity contribution is 7.99. The van der Waals surface area contributed by atoms with Gasteiger partial charge in [-0.15, -0.1) is 0 Å². The maximum atomic E-state index is 13.1. The first-order valence-corrected chi connectivity index (χ1v) is 8.89. The number of halogens is 1. The molecule has 2 N–H and O–H groups in total.